The van der Waals surface area contributed by atoms with E-state index in [2.05, 4.69) is 4.18 Å². The van der Waals surface area contributed by atoms with Gasteiger partial charge in [-0.1, -0.05) is 30.3 Å². The van der Waals surface area contributed by atoms with Crippen molar-refractivity contribution in [3.8, 4) is 11.5 Å². The number of alkyl halides is 3. The van der Waals surface area contributed by atoms with Crippen molar-refractivity contribution in [1.82, 2.24) is 0 Å². The van der Waals surface area contributed by atoms with Crippen molar-refractivity contribution in [2.24, 2.45) is 0 Å². The number of ether oxygens (including phenoxy) is 1. The van der Waals surface area contributed by atoms with Crippen molar-refractivity contribution in [2.75, 3.05) is 6.61 Å². The molecular weight excluding hydrogens is 369 g/mol. The Morgan fingerprint density at radius 2 is 1.81 bits per heavy atom. The van der Waals surface area contributed by atoms with Gasteiger partial charge in [0.15, 0.2) is 0 Å². The minimum absolute atomic E-state index is 0.256. The van der Waals surface area contributed by atoms with E-state index >= 15 is 0 Å². The van der Waals surface area contributed by atoms with E-state index in [1.165, 1.54) is 12.1 Å². The van der Waals surface area contributed by atoms with Crippen LogP contribution >= 0.6 is 0 Å². The quantitative estimate of drug-likeness (QED) is 0.582. The standard InChI is InChI=1S/C18H15F3O4S/c19-18(20,21)26(22,23)25-15-7-3-4-12-8-9-17(16(12)15)10-11-24-14-6-2-1-5-13(14)17/h1-7H,8-11H2/t17-/m1/s1. The Labute approximate surface area is 148 Å². The monoisotopic (exact) mass is 384 g/mol. The van der Waals surface area contributed by atoms with Crippen molar-refractivity contribution in [1.29, 1.82) is 0 Å². The van der Waals surface area contributed by atoms with E-state index in [1.807, 2.05) is 24.3 Å². The highest BCUT2D eigenvalue weighted by molar-refractivity contribution is 7.88. The van der Waals surface area contributed by atoms with E-state index in [-0.39, 0.29) is 5.75 Å². The zero-order chi connectivity index (χ0) is 18.6. The van der Waals surface area contributed by atoms with Crippen molar-refractivity contribution < 1.29 is 30.5 Å². The summed E-state index contributed by atoms with van der Waals surface area (Å²) in [5, 5.41) is 0. The Morgan fingerprint density at radius 1 is 1.04 bits per heavy atom. The second-order valence-electron chi connectivity index (χ2n) is 6.45. The zero-order valence-electron chi connectivity index (χ0n) is 13.5. The minimum atomic E-state index is -5.74. The van der Waals surface area contributed by atoms with Crippen LogP contribution < -0.4 is 8.92 Å². The maximum Gasteiger partial charge on any atom is 0.534 e. The van der Waals surface area contributed by atoms with Crippen LogP contribution in [-0.4, -0.2) is 20.5 Å². The molecule has 0 radical (unpaired) electrons. The maximum absolute atomic E-state index is 12.8. The first kappa shape index (κ1) is 17.2. The highest BCUT2D eigenvalue weighted by Gasteiger charge is 2.51. The van der Waals surface area contributed by atoms with Gasteiger partial charge in [0, 0.05) is 16.5 Å². The lowest BCUT2D eigenvalue weighted by Gasteiger charge is -2.37. The molecule has 2 aromatic carbocycles. The summed E-state index contributed by atoms with van der Waals surface area (Å²) in [4.78, 5) is 0. The van der Waals surface area contributed by atoms with Crippen molar-refractivity contribution >= 4 is 10.1 Å². The van der Waals surface area contributed by atoms with Crippen LogP contribution in [0.2, 0.25) is 0 Å². The van der Waals surface area contributed by atoms with Crippen molar-refractivity contribution in [2.45, 2.75) is 30.2 Å². The molecule has 0 N–H and O–H groups in total. The van der Waals surface area contributed by atoms with Gasteiger partial charge in [0.25, 0.3) is 0 Å². The van der Waals surface area contributed by atoms with Gasteiger partial charge < -0.3 is 8.92 Å². The molecule has 1 atom stereocenters. The molecule has 2 aliphatic rings. The second-order valence-corrected chi connectivity index (χ2v) is 7.99. The molecule has 1 heterocycles. The van der Waals surface area contributed by atoms with E-state index < -0.39 is 21.0 Å². The van der Waals surface area contributed by atoms with Crippen LogP contribution in [0.3, 0.4) is 0 Å². The smallest absolute Gasteiger partial charge is 0.493 e. The summed E-state index contributed by atoms with van der Waals surface area (Å²) in [7, 11) is -5.74. The van der Waals surface area contributed by atoms with Crippen LogP contribution in [0.15, 0.2) is 42.5 Å². The van der Waals surface area contributed by atoms with Gasteiger partial charge in [-0.2, -0.15) is 21.6 Å². The Morgan fingerprint density at radius 3 is 2.58 bits per heavy atom. The molecule has 0 aromatic heterocycles. The van der Waals surface area contributed by atoms with Crippen molar-refractivity contribution in [3.63, 3.8) is 0 Å². The molecule has 0 saturated heterocycles. The second kappa shape index (κ2) is 5.64. The van der Waals surface area contributed by atoms with E-state index in [0.29, 0.717) is 37.2 Å². The van der Waals surface area contributed by atoms with Gasteiger partial charge in [-0.3, -0.25) is 0 Å². The number of para-hydroxylation sites is 1. The molecule has 0 saturated carbocycles. The van der Waals surface area contributed by atoms with Crippen LogP contribution in [0.5, 0.6) is 11.5 Å². The molecule has 1 aliphatic carbocycles. The summed E-state index contributed by atoms with van der Waals surface area (Å²) >= 11 is 0. The van der Waals surface area contributed by atoms with Crippen LogP contribution in [0, 0.1) is 0 Å². The molecule has 2 aromatic rings. The van der Waals surface area contributed by atoms with Gasteiger partial charge in [0.1, 0.15) is 11.5 Å². The Balaban J connectivity index is 1.89. The first-order chi connectivity index (χ1) is 12.2. The minimum Gasteiger partial charge on any atom is -0.493 e. The highest BCUT2D eigenvalue weighted by atomic mass is 32.2. The number of hydrogen-bond acceptors (Lipinski definition) is 4. The first-order valence-electron chi connectivity index (χ1n) is 8.10. The van der Waals surface area contributed by atoms with Crippen molar-refractivity contribution in [3.05, 3.63) is 59.2 Å². The number of benzene rings is 2. The molecule has 8 heteroatoms. The van der Waals surface area contributed by atoms with Crippen LogP contribution in [0.1, 0.15) is 29.5 Å². The third-order valence-corrected chi connectivity index (χ3v) is 6.05. The Bertz CT molecular complexity index is 969. The zero-order valence-corrected chi connectivity index (χ0v) is 14.4. The molecule has 0 unspecified atom stereocenters. The Kier molecular flexibility index (Phi) is 3.73. The lowest BCUT2D eigenvalue weighted by atomic mass is 9.71. The first-order valence-corrected chi connectivity index (χ1v) is 9.51. The third kappa shape index (κ3) is 2.46. The fourth-order valence-corrected chi connectivity index (χ4v) is 4.48. The molecular formula is C18H15F3O4S. The summed E-state index contributed by atoms with van der Waals surface area (Å²) in [5.74, 6) is 0.411. The van der Waals surface area contributed by atoms with E-state index in [9.17, 15) is 21.6 Å². The summed E-state index contributed by atoms with van der Waals surface area (Å²) in [6.45, 7) is 0.400. The summed E-state index contributed by atoms with van der Waals surface area (Å²) in [6.07, 6.45) is 1.84. The molecule has 0 amide bonds. The van der Waals surface area contributed by atoms with Crippen LogP contribution in [0.25, 0.3) is 0 Å². The van der Waals surface area contributed by atoms with Gasteiger partial charge in [0.05, 0.1) is 6.61 Å². The average Bonchev–Trinajstić information content (AvgIpc) is 2.95. The molecule has 4 nitrogen and oxygen atoms in total. The molecule has 0 fully saturated rings. The molecule has 4 rings (SSSR count). The summed E-state index contributed by atoms with van der Waals surface area (Å²) < 4.78 is 71.8. The number of halogens is 3. The van der Waals surface area contributed by atoms with Crippen LogP contribution in [-0.2, 0) is 22.0 Å². The van der Waals surface area contributed by atoms with Gasteiger partial charge in [-0.05, 0) is 37.0 Å². The van der Waals surface area contributed by atoms with E-state index in [0.717, 1.165) is 11.1 Å². The highest BCUT2D eigenvalue weighted by Crippen LogP contribution is 2.54. The van der Waals surface area contributed by atoms with E-state index in [4.69, 9.17) is 4.74 Å². The topological polar surface area (TPSA) is 52.6 Å². The lowest BCUT2D eigenvalue weighted by Crippen LogP contribution is -2.34. The SMILES string of the molecule is O=S(=O)(Oc1cccc2c1[C@@]1(CCOc3ccccc31)CC2)C(F)(F)F. The predicted molar refractivity (Wildman–Crippen MR) is 87.7 cm³/mol. The average molecular weight is 384 g/mol. The summed E-state index contributed by atoms with van der Waals surface area (Å²) in [6, 6.07) is 11.9. The number of hydrogen-bond donors (Lipinski definition) is 0. The van der Waals surface area contributed by atoms with Crippen LogP contribution in [0.4, 0.5) is 13.2 Å². The van der Waals surface area contributed by atoms with Gasteiger partial charge in [0.2, 0.25) is 0 Å². The maximum atomic E-state index is 12.8. The van der Waals surface area contributed by atoms with E-state index in [1.54, 1.807) is 6.07 Å². The molecule has 1 spiro atoms. The summed E-state index contributed by atoms with van der Waals surface area (Å²) in [5.41, 5.74) is -3.91. The number of rotatable bonds is 2. The predicted octanol–water partition coefficient (Wildman–Crippen LogP) is 3.93. The molecule has 1 aliphatic heterocycles. The normalized spacial score (nSPS) is 21.8. The largest absolute Gasteiger partial charge is 0.534 e. The van der Waals surface area contributed by atoms with Gasteiger partial charge in [-0.25, -0.2) is 0 Å². The number of fused-ring (bicyclic) bond motifs is 4. The third-order valence-electron chi connectivity index (χ3n) is 5.08. The molecule has 26 heavy (non-hydrogen) atoms. The molecule has 0 bridgehead atoms. The van der Waals surface area contributed by atoms with Gasteiger partial charge in [-0.15, -0.1) is 0 Å². The Hall–Kier alpha value is -2.22. The van der Waals surface area contributed by atoms with Gasteiger partial charge >= 0.3 is 15.6 Å². The molecule has 138 valence electrons. The fraction of sp³-hybridized carbons (Fsp3) is 0.333. The fourth-order valence-electron chi connectivity index (χ4n) is 4.01. The lowest BCUT2D eigenvalue weighted by molar-refractivity contribution is -0.0500. The number of aryl methyl sites for hydroxylation is 1.